The molecule has 3 aromatic rings. The fraction of sp³-hybridized carbons (Fsp3) is 0. The summed E-state index contributed by atoms with van der Waals surface area (Å²) >= 11 is 0. The molecule has 0 saturated carbocycles. The Morgan fingerprint density at radius 2 is 0.792 bits per heavy atom. The van der Waals surface area contributed by atoms with E-state index in [4.69, 9.17) is 5.73 Å². The fourth-order valence-electron chi connectivity index (χ4n) is 1.88. The molecule has 0 bridgehead atoms. The highest BCUT2D eigenvalue weighted by molar-refractivity contribution is 5.50. The molecule has 118 valence electrons. The average Bonchev–Trinajstić information content (AvgIpc) is 2.62. The SMILES string of the molecule is Nc1ccc(N=Nc2ccc(N=Nc3ccc(O)cc3)cc2)cc1. The molecule has 0 spiro atoms. The topological polar surface area (TPSA) is 95.7 Å². The summed E-state index contributed by atoms with van der Waals surface area (Å²) in [7, 11) is 0. The number of nitrogens with two attached hydrogens (primary N) is 1. The maximum Gasteiger partial charge on any atom is 0.115 e. The number of hydrogen-bond donors (Lipinski definition) is 2. The van der Waals surface area contributed by atoms with E-state index in [0.717, 1.165) is 11.4 Å². The number of anilines is 1. The first-order valence-electron chi connectivity index (χ1n) is 7.27. The Morgan fingerprint density at radius 1 is 0.500 bits per heavy atom. The van der Waals surface area contributed by atoms with E-state index in [1.807, 2.05) is 12.1 Å². The first-order valence-corrected chi connectivity index (χ1v) is 7.27. The van der Waals surface area contributed by atoms with Crippen LogP contribution in [0, 0.1) is 0 Å². The van der Waals surface area contributed by atoms with E-state index < -0.39 is 0 Å². The third kappa shape index (κ3) is 4.23. The highest BCUT2D eigenvalue weighted by Gasteiger charge is 1.94. The van der Waals surface area contributed by atoms with Gasteiger partial charge >= 0.3 is 0 Å². The van der Waals surface area contributed by atoms with Crippen molar-refractivity contribution in [3.05, 3.63) is 72.8 Å². The van der Waals surface area contributed by atoms with Crippen LogP contribution in [0.2, 0.25) is 0 Å². The number of azo groups is 2. The summed E-state index contributed by atoms with van der Waals surface area (Å²) in [5, 5.41) is 25.8. The van der Waals surface area contributed by atoms with E-state index >= 15 is 0 Å². The Hall–Kier alpha value is -3.54. The Morgan fingerprint density at radius 3 is 1.17 bits per heavy atom. The molecule has 3 rings (SSSR count). The van der Waals surface area contributed by atoms with Crippen molar-refractivity contribution in [3.63, 3.8) is 0 Å². The monoisotopic (exact) mass is 317 g/mol. The first-order chi connectivity index (χ1) is 11.7. The lowest BCUT2D eigenvalue weighted by Gasteiger charge is -1.96. The first kappa shape index (κ1) is 15.4. The second-order valence-corrected chi connectivity index (χ2v) is 5.02. The van der Waals surface area contributed by atoms with Crippen molar-refractivity contribution in [2.45, 2.75) is 0 Å². The van der Waals surface area contributed by atoms with Crippen LogP contribution in [0.3, 0.4) is 0 Å². The standard InChI is InChI=1S/C18H15N5O/c19-13-1-3-14(4-2-13)20-21-15-5-7-16(8-6-15)22-23-17-9-11-18(24)12-10-17/h1-12,24H,19H2. The summed E-state index contributed by atoms with van der Waals surface area (Å²) < 4.78 is 0. The molecule has 0 radical (unpaired) electrons. The molecule has 0 fully saturated rings. The number of nitrogen functional groups attached to an aromatic ring is 1. The van der Waals surface area contributed by atoms with E-state index in [1.54, 1.807) is 60.7 Å². The third-order valence-electron chi connectivity index (χ3n) is 3.15. The number of hydrogen-bond acceptors (Lipinski definition) is 6. The van der Waals surface area contributed by atoms with Crippen molar-refractivity contribution in [3.8, 4) is 5.75 Å². The second-order valence-electron chi connectivity index (χ2n) is 5.02. The lowest BCUT2D eigenvalue weighted by atomic mass is 10.3. The third-order valence-corrected chi connectivity index (χ3v) is 3.15. The molecule has 0 saturated heterocycles. The predicted octanol–water partition coefficient (Wildman–Crippen LogP) is 5.81. The van der Waals surface area contributed by atoms with Crippen molar-refractivity contribution in [1.82, 2.24) is 0 Å². The van der Waals surface area contributed by atoms with Gasteiger partial charge in [-0.3, -0.25) is 0 Å². The molecule has 0 unspecified atom stereocenters. The predicted molar refractivity (Wildman–Crippen MR) is 93.8 cm³/mol. The Balaban J connectivity index is 1.66. The summed E-state index contributed by atoms with van der Waals surface area (Å²) in [5.74, 6) is 0.199. The van der Waals surface area contributed by atoms with Gasteiger partial charge in [0.05, 0.1) is 22.7 Å². The smallest absolute Gasteiger partial charge is 0.115 e. The van der Waals surface area contributed by atoms with Crippen LogP contribution in [-0.2, 0) is 0 Å². The number of rotatable bonds is 4. The second kappa shape index (κ2) is 7.15. The van der Waals surface area contributed by atoms with E-state index in [9.17, 15) is 5.11 Å². The van der Waals surface area contributed by atoms with E-state index in [0.29, 0.717) is 17.1 Å². The highest BCUT2D eigenvalue weighted by Crippen LogP contribution is 2.24. The average molecular weight is 317 g/mol. The van der Waals surface area contributed by atoms with Crippen molar-refractivity contribution < 1.29 is 5.11 Å². The van der Waals surface area contributed by atoms with Crippen LogP contribution in [0.1, 0.15) is 0 Å². The molecule has 0 heterocycles. The Bertz CT molecular complexity index is 779. The number of nitrogens with zero attached hydrogens (tertiary/aromatic N) is 4. The molecule has 0 atom stereocenters. The molecule has 0 aromatic heterocycles. The Labute approximate surface area is 139 Å². The zero-order valence-electron chi connectivity index (χ0n) is 12.7. The molecule has 3 N–H and O–H groups in total. The van der Waals surface area contributed by atoms with Gasteiger partial charge in [-0.05, 0) is 72.8 Å². The van der Waals surface area contributed by atoms with Gasteiger partial charge < -0.3 is 10.8 Å². The van der Waals surface area contributed by atoms with Gasteiger partial charge in [0.1, 0.15) is 5.75 Å². The van der Waals surface area contributed by atoms with Gasteiger partial charge in [-0.2, -0.15) is 20.5 Å². The van der Waals surface area contributed by atoms with Gasteiger partial charge in [-0.15, -0.1) is 0 Å². The van der Waals surface area contributed by atoms with Gasteiger partial charge in [0.2, 0.25) is 0 Å². The van der Waals surface area contributed by atoms with E-state index in [-0.39, 0.29) is 5.75 Å². The summed E-state index contributed by atoms with van der Waals surface area (Å²) in [5.41, 5.74) is 9.14. The van der Waals surface area contributed by atoms with Crippen LogP contribution in [0.4, 0.5) is 28.4 Å². The summed E-state index contributed by atoms with van der Waals surface area (Å²) in [6.45, 7) is 0. The number of phenolic OH excluding ortho intramolecular Hbond substituents is 1. The van der Waals surface area contributed by atoms with Crippen LogP contribution in [-0.4, -0.2) is 5.11 Å². The Kier molecular flexibility index (Phi) is 4.57. The molecule has 0 amide bonds. The number of benzene rings is 3. The van der Waals surface area contributed by atoms with Crippen LogP contribution in [0.5, 0.6) is 5.75 Å². The van der Waals surface area contributed by atoms with Gasteiger partial charge in [0, 0.05) is 5.69 Å². The minimum Gasteiger partial charge on any atom is -0.508 e. The minimum atomic E-state index is 0.199. The quantitative estimate of drug-likeness (QED) is 0.469. The maximum absolute atomic E-state index is 9.22. The number of phenols is 1. The van der Waals surface area contributed by atoms with E-state index in [2.05, 4.69) is 20.5 Å². The van der Waals surface area contributed by atoms with Crippen LogP contribution < -0.4 is 5.73 Å². The zero-order valence-corrected chi connectivity index (χ0v) is 12.7. The molecule has 0 aliphatic rings. The van der Waals surface area contributed by atoms with Gasteiger partial charge in [-0.25, -0.2) is 0 Å². The van der Waals surface area contributed by atoms with Crippen molar-refractivity contribution in [2.24, 2.45) is 20.5 Å². The van der Waals surface area contributed by atoms with Crippen molar-refractivity contribution in [1.29, 1.82) is 0 Å². The molecular weight excluding hydrogens is 302 g/mol. The highest BCUT2D eigenvalue weighted by atomic mass is 16.3. The summed E-state index contributed by atoms with van der Waals surface area (Å²) in [6.07, 6.45) is 0. The van der Waals surface area contributed by atoms with Crippen LogP contribution in [0.15, 0.2) is 93.3 Å². The molecule has 6 nitrogen and oxygen atoms in total. The summed E-state index contributed by atoms with van der Waals surface area (Å²) in [6, 6.07) is 20.9. The molecule has 0 aliphatic heterocycles. The molecule has 0 aliphatic carbocycles. The van der Waals surface area contributed by atoms with E-state index in [1.165, 1.54) is 0 Å². The van der Waals surface area contributed by atoms with Crippen LogP contribution in [0.25, 0.3) is 0 Å². The van der Waals surface area contributed by atoms with Crippen LogP contribution >= 0.6 is 0 Å². The van der Waals surface area contributed by atoms with Crippen molar-refractivity contribution >= 4 is 28.4 Å². The zero-order chi connectivity index (χ0) is 16.8. The summed E-state index contributed by atoms with van der Waals surface area (Å²) in [4.78, 5) is 0. The largest absolute Gasteiger partial charge is 0.508 e. The van der Waals surface area contributed by atoms with Crippen molar-refractivity contribution in [2.75, 3.05) is 5.73 Å². The number of aromatic hydroxyl groups is 1. The molecule has 3 aromatic carbocycles. The minimum absolute atomic E-state index is 0.199. The lowest BCUT2D eigenvalue weighted by molar-refractivity contribution is 0.475. The maximum atomic E-state index is 9.22. The van der Waals surface area contributed by atoms with Gasteiger partial charge in [-0.1, -0.05) is 0 Å². The van der Waals surface area contributed by atoms with Gasteiger partial charge in [0.25, 0.3) is 0 Å². The van der Waals surface area contributed by atoms with Gasteiger partial charge in [0.15, 0.2) is 0 Å². The fourth-order valence-corrected chi connectivity index (χ4v) is 1.88. The molecular formula is C18H15N5O. The lowest BCUT2D eigenvalue weighted by Crippen LogP contribution is -1.80. The molecule has 6 heteroatoms. The molecule has 24 heavy (non-hydrogen) atoms. The normalized spacial score (nSPS) is 11.3.